The molecular formula is C16H21FN2O4. The number of nitro groups is 1. The van der Waals surface area contributed by atoms with Crippen LogP contribution in [0.5, 0.6) is 0 Å². The van der Waals surface area contributed by atoms with Crippen LogP contribution in [0.1, 0.15) is 48.9 Å². The second-order valence-corrected chi connectivity index (χ2v) is 5.66. The molecule has 1 N–H and O–H groups in total. The van der Waals surface area contributed by atoms with Crippen LogP contribution in [0.15, 0.2) is 18.2 Å². The molecule has 1 fully saturated rings. The summed E-state index contributed by atoms with van der Waals surface area (Å²) >= 11 is 0. The van der Waals surface area contributed by atoms with Gasteiger partial charge in [0.25, 0.3) is 5.91 Å². The molecule has 126 valence electrons. The topological polar surface area (TPSA) is 81.5 Å². The average Bonchev–Trinajstić information content (AvgIpc) is 2.55. The number of nitrogens with zero attached hydrogens (tertiary/aromatic N) is 1. The van der Waals surface area contributed by atoms with Gasteiger partial charge in [-0.1, -0.05) is 19.3 Å². The van der Waals surface area contributed by atoms with Gasteiger partial charge < -0.3 is 10.1 Å². The largest absolute Gasteiger partial charge is 0.378 e. The highest BCUT2D eigenvalue weighted by molar-refractivity contribution is 5.94. The van der Waals surface area contributed by atoms with Crippen LogP contribution in [-0.4, -0.2) is 30.1 Å². The first-order valence-corrected chi connectivity index (χ1v) is 7.91. The van der Waals surface area contributed by atoms with Crippen LogP contribution in [0.3, 0.4) is 0 Å². The fraction of sp³-hybridized carbons (Fsp3) is 0.562. The average molecular weight is 324 g/mol. The number of hydrogen-bond donors (Lipinski definition) is 1. The predicted molar refractivity (Wildman–Crippen MR) is 82.8 cm³/mol. The summed E-state index contributed by atoms with van der Waals surface area (Å²) in [5, 5.41) is 13.3. The fourth-order valence-corrected chi connectivity index (χ4v) is 2.65. The lowest BCUT2D eigenvalue weighted by Gasteiger charge is -2.21. The summed E-state index contributed by atoms with van der Waals surface area (Å²) in [5.41, 5.74) is -0.621. The number of carbonyl (C=O) groups excluding carboxylic acids is 1. The third-order valence-electron chi connectivity index (χ3n) is 3.92. The smallest absolute Gasteiger partial charge is 0.305 e. The van der Waals surface area contributed by atoms with Crippen LogP contribution in [-0.2, 0) is 4.74 Å². The third kappa shape index (κ3) is 5.28. The fourth-order valence-electron chi connectivity index (χ4n) is 2.65. The summed E-state index contributed by atoms with van der Waals surface area (Å²) in [4.78, 5) is 21.7. The van der Waals surface area contributed by atoms with Crippen molar-refractivity contribution in [2.45, 2.75) is 44.6 Å². The molecule has 1 aromatic rings. The van der Waals surface area contributed by atoms with E-state index in [1.54, 1.807) is 0 Å². The summed E-state index contributed by atoms with van der Waals surface area (Å²) < 4.78 is 19.0. The number of halogens is 1. The molecule has 0 aliphatic heterocycles. The summed E-state index contributed by atoms with van der Waals surface area (Å²) in [6.07, 6.45) is 6.91. The van der Waals surface area contributed by atoms with Crippen LogP contribution in [0, 0.1) is 15.9 Å². The monoisotopic (exact) mass is 324 g/mol. The first-order chi connectivity index (χ1) is 11.1. The molecule has 6 nitrogen and oxygen atoms in total. The standard InChI is InChI=1S/C16H21FN2O4/c17-14-8-7-12(11-15(14)19(21)22)16(20)18-9-4-10-23-13-5-2-1-3-6-13/h7-8,11,13H,1-6,9-10H2,(H,18,20). The summed E-state index contributed by atoms with van der Waals surface area (Å²) in [6.45, 7) is 0.991. The first-order valence-electron chi connectivity index (χ1n) is 7.91. The van der Waals surface area contributed by atoms with Crippen molar-refractivity contribution in [3.63, 3.8) is 0 Å². The van der Waals surface area contributed by atoms with Crippen LogP contribution < -0.4 is 5.32 Å². The molecule has 2 rings (SSSR count). The van der Waals surface area contributed by atoms with E-state index in [1.165, 1.54) is 25.3 Å². The van der Waals surface area contributed by atoms with Gasteiger partial charge >= 0.3 is 5.69 Å². The van der Waals surface area contributed by atoms with E-state index in [-0.39, 0.29) is 5.56 Å². The van der Waals surface area contributed by atoms with Gasteiger partial charge in [0.2, 0.25) is 5.82 Å². The van der Waals surface area contributed by atoms with E-state index in [0.717, 1.165) is 25.0 Å². The lowest BCUT2D eigenvalue weighted by Crippen LogP contribution is -2.26. The molecule has 0 heterocycles. The molecule has 7 heteroatoms. The normalized spacial score (nSPS) is 15.3. The van der Waals surface area contributed by atoms with E-state index < -0.39 is 22.3 Å². The minimum absolute atomic E-state index is 0.0753. The molecule has 1 amide bonds. The van der Waals surface area contributed by atoms with Crippen LogP contribution in [0.2, 0.25) is 0 Å². The zero-order valence-electron chi connectivity index (χ0n) is 12.9. The van der Waals surface area contributed by atoms with E-state index in [4.69, 9.17) is 4.74 Å². The molecule has 1 aliphatic carbocycles. The second-order valence-electron chi connectivity index (χ2n) is 5.66. The molecule has 0 spiro atoms. The number of nitro benzene ring substituents is 1. The quantitative estimate of drug-likeness (QED) is 0.474. The molecular weight excluding hydrogens is 303 g/mol. The lowest BCUT2D eigenvalue weighted by molar-refractivity contribution is -0.387. The van der Waals surface area contributed by atoms with E-state index in [1.807, 2.05) is 0 Å². The summed E-state index contributed by atoms with van der Waals surface area (Å²) in [5.74, 6) is -1.40. The maximum Gasteiger partial charge on any atom is 0.305 e. The van der Waals surface area contributed by atoms with Crippen LogP contribution >= 0.6 is 0 Å². The molecule has 0 atom stereocenters. The molecule has 0 unspecified atom stereocenters. The Balaban J connectivity index is 1.72. The Kier molecular flexibility index (Phi) is 6.46. The highest BCUT2D eigenvalue weighted by atomic mass is 19.1. The number of amides is 1. The highest BCUT2D eigenvalue weighted by Crippen LogP contribution is 2.20. The van der Waals surface area contributed by atoms with Gasteiger partial charge in [-0.05, 0) is 31.4 Å². The Hall–Kier alpha value is -2.02. The minimum Gasteiger partial charge on any atom is -0.378 e. The van der Waals surface area contributed by atoms with Gasteiger partial charge in [0.05, 0.1) is 11.0 Å². The van der Waals surface area contributed by atoms with Crippen molar-refractivity contribution in [3.8, 4) is 0 Å². The number of benzene rings is 1. The minimum atomic E-state index is -0.951. The van der Waals surface area contributed by atoms with E-state index >= 15 is 0 Å². The highest BCUT2D eigenvalue weighted by Gasteiger charge is 2.17. The maximum atomic E-state index is 13.2. The van der Waals surface area contributed by atoms with Gasteiger partial charge in [0.1, 0.15) is 0 Å². The SMILES string of the molecule is O=C(NCCCOC1CCCCC1)c1ccc(F)c([N+](=O)[O-])c1. The van der Waals surface area contributed by atoms with Gasteiger partial charge in [0, 0.05) is 24.8 Å². The summed E-state index contributed by atoms with van der Waals surface area (Å²) in [7, 11) is 0. The van der Waals surface area contributed by atoms with Gasteiger partial charge in [-0.15, -0.1) is 0 Å². The van der Waals surface area contributed by atoms with Gasteiger partial charge in [-0.2, -0.15) is 4.39 Å². The maximum absolute atomic E-state index is 13.2. The predicted octanol–water partition coefficient (Wildman–Crippen LogP) is 3.20. The number of nitrogens with one attached hydrogen (secondary N) is 1. The number of carbonyl (C=O) groups is 1. The Morgan fingerprint density at radius 1 is 1.35 bits per heavy atom. The van der Waals surface area contributed by atoms with Crippen molar-refractivity contribution >= 4 is 11.6 Å². The number of ether oxygens (including phenoxy) is 1. The first kappa shape index (κ1) is 17.3. The van der Waals surface area contributed by atoms with Crippen molar-refractivity contribution in [2.24, 2.45) is 0 Å². The van der Waals surface area contributed by atoms with Crippen molar-refractivity contribution in [3.05, 3.63) is 39.7 Å². The van der Waals surface area contributed by atoms with Gasteiger partial charge in [0.15, 0.2) is 0 Å². The van der Waals surface area contributed by atoms with Gasteiger partial charge in [-0.25, -0.2) is 0 Å². The Bertz CT molecular complexity index is 559. The number of hydrogen-bond acceptors (Lipinski definition) is 4. The van der Waals surface area contributed by atoms with Crippen LogP contribution in [0.4, 0.5) is 10.1 Å². The molecule has 1 aromatic carbocycles. The van der Waals surface area contributed by atoms with Gasteiger partial charge in [-0.3, -0.25) is 14.9 Å². The van der Waals surface area contributed by atoms with Crippen molar-refractivity contribution in [2.75, 3.05) is 13.2 Å². The van der Waals surface area contributed by atoms with E-state index in [2.05, 4.69) is 5.32 Å². The second kappa shape index (κ2) is 8.57. The van der Waals surface area contributed by atoms with E-state index in [9.17, 15) is 19.3 Å². The van der Waals surface area contributed by atoms with Crippen molar-refractivity contribution in [1.82, 2.24) is 5.32 Å². The van der Waals surface area contributed by atoms with Crippen LogP contribution in [0.25, 0.3) is 0 Å². The van der Waals surface area contributed by atoms with Crippen molar-refractivity contribution in [1.29, 1.82) is 0 Å². The molecule has 0 bridgehead atoms. The zero-order chi connectivity index (χ0) is 16.7. The molecule has 0 saturated heterocycles. The Labute approximate surface area is 134 Å². The third-order valence-corrected chi connectivity index (χ3v) is 3.92. The Morgan fingerprint density at radius 3 is 2.78 bits per heavy atom. The molecule has 1 saturated carbocycles. The lowest BCUT2D eigenvalue weighted by atomic mass is 9.98. The Morgan fingerprint density at radius 2 is 2.09 bits per heavy atom. The molecule has 0 aromatic heterocycles. The molecule has 23 heavy (non-hydrogen) atoms. The molecule has 1 aliphatic rings. The molecule has 0 radical (unpaired) electrons. The summed E-state index contributed by atoms with van der Waals surface area (Å²) in [6, 6.07) is 3.11. The van der Waals surface area contributed by atoms with E-state index in [0.29, 0.717) is 25.7 Å². The number of rotatable bonds is 7. The zero-order valence-corrected chi connectivity index (χ0v) is 12.9. The van der Waals surface area contributed by atoms with Crippen molar-refractivity contribution < 1.29 is 18.8 Å².